The highest BCUT2D eigenvalue weighted by molar-refractivity contribution is 8.00. The number of thioether (sulfide) groups is 1. The monoisotopic (exact) mass is 327 g/mol. The number of rotatable bonds is 7. The highest BCUT2D eigenvalue weighted by Gasteiger charge is 2.42. The Bertz CT molecular complexity index is 369. The van der Waals surface area contributed by atoms with Crippen molar-refractivity contribution in [2.45, 2.75) is 45.3 Å². The number of nitrogens with one attached hydrogen (secondary N) is 1. The standard InChI is InChI=1S/C17H33N3OS/c1-5-18-16(19-13-17(6-7-17)8-10-21-4)20-9-11-22-15(12-20)14(2)3/h14-15H,5-13H2,1-4H3,(H,18,19). The minimum atomic E-state index is 0.429. The van der Waals surface area contributed by atoms with Crippen LogP contribution in [0.2, 0.25) is 0 Å². The van der Waals surface area contributed by atoms with Gasteiger partial charge in [0.1, 0.15) is 0 Å². The van der Waals surface area contributed by atoms with E-state index in [0.29, 0.717) is 5.41 Å². The van der Waals surface area contributed by atoms with Crippen LogP contribution in [0.5, 0.6) is 0 Å². The Labute approximate surface area is 140 Å². The smallest absolute Gasteiger partial charge is 0.193 e. The molecule has 1 saturated carbocycles. The van der Waals surface area contributed by atoms with Crippen molar-refractivity contribution in [1.82, 2.24) is 10.2 Å². The number of ether oxygens (including phenoxy) is 1. The lowest BCUT2D eigenvalue weighted by atomic mass is 10.0. The van der Waals surface area contributed by atoms with Crippen molar-refractivity contribution in [1.29, 1.82) is 0 Å². The lowest BCUT2D eigenvalue weighted by molar-refractivity contribution is 0.174. The van der Waals surface area contributed by atoms with Gasteiger partial charge in [-0.1, -0.05) is 13.8 Å². The summed E-state index contributed by atoms with van der Waals surface area (Å²) in [6, 6.07) is 0. The Kier molecular flexibility index (Phi) is 6.87. The molecule has 1 aliphatic carbocycles. The lowest BCUT2D eigenvalue weighted by Gasteiger charge is -2.36. The molecule has 1 atom stereocenters. The van der Waals surface area contributed by atoms with Gasteiger partial charge in [-0.2, -0.15) is 11.8 Å². The normalized spacial score (nSPS) is 24.7. The fraction of sp³-hybridized carbons (Fsp3) is 0.941. The molecule has 1 saturated heterocycles. The molecule has 1 heterocycles. The van der Waals surface area contributed by atoms with E-state index in [-0.39, 0.29) is 0 Å². The minimum Gasteiger partial charge on any atom is -0.385 e. The Balaban J connectivity index is 1.95. The summed E-state index contributed by atoms with van der Waals surface area (Å²) in [5.41, 5.74) is 0.429. The van der Waals surface area contributed by atoms with E-state index in [9.17, 15) is 0 Å². The summed E-state index contributed by atoms with van der Waals surface area (Å²) in [5.74, 6) is 3.06. The zero-order valence-corrected chi connectivity index (χ0v) is 15.5. The predicted octanol–water partition coefficient (Wildman–Crippen LogP) is 2.84. The summed E-state index contributed by atoms with van der Waals surface area (Å²) >= 11 is 2.12. The first-order valence-electron chi connectivity index (χ1n) is 8.74. The average molecular weight is 328 g/mol. The van der Waals surface area contributed by atoms with Gasteiger partial charge in [-0.05, 0) is 37.5 Å². The molecule has 0 radical (unpaired) electrons. The molecule has 0 aromatic heterocycles. The van der Waals surface area contributed by atoms with E-state index in [0.717, 1.165) is 56.3 Å². The molecule has 1 unspecified atom stereocenters. The summed E-state index contributed by atoms with van der Waals surface area (Å²) in [6.07, 6.45) is 3.77. The Morgan fingerprint density at radius 1 is 1.45 bits per heavy atom. The van der Waals surface area contributed by atoms with E-state index in [4.69, 9.17) is 9.73 Å². The molecule has 4 nitrogen and oxygen atoms in total. The van der Waals surface area contributed by atoms with Crippen LogP contribution in [0.4, 0.5) is 0 Å². The van der Waals surface area contributed by atoms with E-state index in [1.807, 2.05) is 0 Å². The summed E-state index contributed by atoms with van der Waals surface area (Å²) in [4.78, 5) is 7.45. The third kappa shape index (κ3) is 5.05. The van der Waals surface area contributed by atoms with Crippen molar-refractivity contribution in [3.8, 4) is 0 Å². The SMILES string of the molecule is CCNC(=NCC1(CCOC)CC1)N1CCSC(C(C)C)C1. The van der Waals surface area contributed by atoms with E-state index in [1.165, 1.54) is 18.6 Å². The topological polar surface area (TPSA) is 36.9 Å². The van der Waals surface area contributed by atoms with Gasteiger partial charge in [0.15, 0.2) is 5.96 Å². The molecule has 0 amide bonds. The summed E-state index contributed by atoms with van der Waals surface area (Å²) in [7, 11) is 1.79. The van der Waals surface area contributed by atoms with Crippen LogP contribution in [-0.4, -0.2) is 61.8 Å². The van der Waals surface area contributed by atoms with Crippen molar-refractivity contribution in [3.63, 3.8) is 0 Å². The van der Waals surface area contributed by atoms with Crippen molar-refractivity contribution in [3.05, 3.63) is 0 Å². The molecule has 5 heteroatoms. The van der Waals surface area contributed by atoms with Crippen LogP contribution in [0.3, 0.4) is 0 Å². The van der Waals surface area contributed by atoms with Crippen molar-refractivity contribution < 1.29 is 4.74 Å². The predicted molar refractivity (Wildman–Crippen MR) is 96.8 cm³/mol. The maximum Gasteiger partial charge on any atom is 0.193 e. The number of nitrogens with zero attached hydrogens (tertiary/aromatic N) is 2. The molecule has 0 aromatic carbocycles. The van der Waals surface area contributed by atoms with Gasteiger partial charge in [-0.15, -0.1) is 0 Å². The van der Waals surface area contributed by atoms with Crippen LogP contribution in [-0.2, 0) is 4.74 Å². The first kappa shape index (κ1) is 17.9. The molecule has 0 bridgehead atoms. The quantitative estimate of drug-likeness (QED) is 0.576. The highest BCUT2D eigenvalue weighted by Crippen LogP contribution is 2.49. The fourth-order valence-corrected chi connectivity index (χ4v) is 4.22. The second kappa shape index (κ2) is 8.44. The van der Waals surface area contributed by atoms with Gasteiger partial charge < -0.3 is 15.0 Å². The third-order valence-electron chi connectivity index (χ3n) is 4.83. The number of hydrogen-bond acceptors (Lipinski definition) is 3. The largest absolute Gasteiger partial charge is 0.385 e. The van der Waals surface area contributed by atoms with Crippen LogP contribution in [0.25, 0.3) is 0 Å². The van der Waals surface area contributed by atoms with E-state index in [2.05, 4.69) is 42.7 Å². The highest BCUT2D eigenvalue weighted by atomic mass is 32.2. The molecule has 2 fully saturated rings. The van der Waals surface area contributed by atoms with Gasteiger partial charge in [0.05, 0.1) is 0 Å². The molecule has 2 aliphatic rings. The zero-order chi connectivity index (χ0) is 16.0. The fourth-order valence-electron chi connectivity index (χ4n) is 2.92. The number of hydrogen-bond donors (Lipinski definition) is 1. The van der Waals surface area contributed by atoms with Crippen LogP contribution < -0.4 is 5.32 Å². The van der Waals surface area contributed by atoms with Gasteiger partial charge >= 0.3 is 0 Å². The summed E-state index contributed by atoms with van der Waals surface area (Å²) in [6.45, 7) is 11.8. The van der Waals surface area contributed by atoms with E-state index < -0.39 is 0 Å². The van der Waals surface area contributed by atoms with Gasteiger partial charge in [-0.3, -0.25) is 4.99 Å². The number of guanidine groups is 1. The zero-order valence-electron chi connectivity index (χ0n) is 14.7. The summed E-state index contributed by atoms with van der Waals surface area (Å²) in [5, 5.41) is 4.23. The molecule has 0 aromatic rings. The van der Waals surface area contributed by atoms with E-state index >= 15 is 0 Å². The lowest BCUT2D eigenvalue weighted by Crippen LogP contribution is -2.49. The Morgan fingerprint density at radius 2 is 2.23 bits per heavy atom. The van der Waals surface area contributed by atoms with Gasteiger partial charge in [0, 0.05) is 50.9 Å². The third-order valence-corrected chi connectivity index (χ3v) is 6.37. The minimum absolute atomic E-state index is 0.429. The molecule has 128 valence electrons. The van der Waals surface area contributed by atoms with Crippen molar-refractivity contribution >= 4 is 17.7 Å². The van der Waals surface area contributed by atoms with Gasteiger partial charge in [0.2, 0.25) is 0 Å². The Morgan fingerprint density at radius 3 is 2.82 bits per heavy atom. The molecule has 2 rings (SSSR count). The first-order chi connectivity index (χ1) is 10.6. The molecular weight excluding hydrogens is 294 g/mol. The number of methoxy groups -OCH3 is 1. The van der Waals surface area contributed by atoms with Gasteiger partial charge in [-0.25, -0.2) is 0 Å². The van der Waals surface area contributed by atoms with Crippen LogP contribution >= 0.6 is 11.8 Å². The van der Waals surface area contributed by atoms with Crippen molar-refractivity contribution in [2.24, 2.45) is 16.3 Å². The maximum absolute atomic E-state index is 5.25. The maximum atomic E-state index is 5.25. The van der Waals surface area contributed by atoms with Crippen molar-refractivity contribution in [2.75, 3.05) is 45.6 Å². The molecule has 0 spiro atoms. The number of aliphatic imine (C=N–C) groups is 1. The molecule has 1 aliphatic heterocycles. The van der Waals surface area contributed by atoms with Gasteiger partial charge in [0.25, 0.3) is 0 Å². The Hall–Kier alpha value is -0.420. The van der Waals surface area contributed by atoms with Crippen LogP contribution in [0.15, 0.2) is 4.99 Å². The molecular formula is C17H33N3OS. The molecule has 22 heavy (non-hydrogen) atoms. The second-order valence-electron chi connectivity index (χ2n) is 7.01. The van der Waals surface area contributed by atoms with Crippen LogP contribution in [0.1, 0.15) is 40.0 Å². The van der Waals surface area contributed by atoms with E-state index in [1.54, 1.807) is 7.11 Å². The second-order valence-corrected chi connectivity index (χ2v) is 8.36. The van der Waals surface area contributed by atoms with Crippen LogP contribution in [0, 0.1) is 11.3 Å². The first-order valence-corrected chi connectivity index (χ1v) is 9.79. The molecule has 1 N–H and O–H groups in total. The summed E-state index contributed by atoms with van der Waals surface area (Å²) < 4.78 is 5.25. The average Bonchev–Trinajstić information content (AvgIpc) is 3.30.